The standard InChI is InChI=1S/C16H21NO2/c18-16(19)15-3-1-2-10-17(15)11-12-4-6-13(7-5-12)14-8-9-14/h4-7,14-15H,1-3,8-11H2,(H,18,19). The molecule has 1 aromatic rings. The number of benzene rings is 1. The molecule has 0 bridgehead atoms. The smallest absolute Gasteiger partial charge is 0.320 e. The zero-order valence-electron chi connectivity index (χ0n) is 11.2. The predicted octanol–water partition coefficient (Wildman–Crippen LogP) is 3.00. The molecule has 3 nitrogen and oxygen atoms in total. The number of carbonyl (C=O) groups is 1. The van der Waals surface area contributed by atoms with E-state index in [2.05, 4.69) is 29.2 Å². The van der Waals surface area contributed by atoms with Gasteiger partial charge >= 0.3 is 5.97 Å². The van der Waals surface area contributed by atoms with E-state index in [1.54, 1.807) is 0 Å². The highest BCUT2D eigenvalue weighted by molar-refractivity contribution is 5.73. The first kappa shape index (κ1) is 12.7. The highest BCUT2D eigenvalue weighted by Gasteiger charge is 2.28. The normalized spacial score (nSPS) is 24.3. The molecule has 1 heterocycles. The second-order valence-corrected chi connectivity index (χ2v) is 5.84. The monoisotopic (exact) mass is 259 g/mol. The predicted molar refractivity (Wildman–Crippen MR) is 74.1 cm³/mol. The minimum absolute atomic E-state index is 0.295. The third-order valence-electron chi connectivity index (χ3n) is 4.31. The first-order valence-corrected chi connectivity index (χ1v) is 7.30. The van der Waals surface area contributed by atoms with Crippen LogP contribution in [0, 0.1) is 0 Å². The number of aliphatic carboxylic acids is 1. The number of hydrogen-bond donors (Lipinski definition) is 1. The van der Waals surface area contributed by atoms with Gasteiger partial charge < -0.3 is 5.11 Å². The van der Waals surface area contributed by atoms with Gasteiger partial charge in [0, 0.05) is 6.54 Å². The molecule has 2 fully saturated rings. The summed E-state index contributed by atoms with van der Waals surface area (Å²) in [5.41, 5.74) is 2.68. The van der Waals surface area contributed by atoms with E-state index in [-0.39, 0.29) is 6.04 Å². The Morgan fingerprint density at radius 1 is 1.16 bits per heavy atom. The summed E-state index contributed by atoms with van der Waals surface area (Å²) in [6.45, 7) is 1.67. The second-order valence-electron chi connectivity index (χ2n) is 5.84. The highest BCUT2D eigenvalue weighted by atomic mass is 16.4. The Hall–Kier alpha value is -1.35. The first-order valence-electron chi connectivity index (χ1n) is 7.30. The number of rotatable bonds is 4. The van der Waals surface area contributed by atoms with Gasteiger partial charge in [0.15, 0.2) is 0 Å². The summed E-state index contributed by atoms with van der Waals surface area (Å²) in [5.74, 6) is 0.116. The Balaban J connectivity index is 1.66. The quantitative estimate of drug-likeness (QED) is 0.903. The molecule has 3 rings (SSSR count). The molecule has 1 aliphatic carbocycles. The fourth-order valence-electron chi connectivity index (χ4n) is 3.01. The van der Waals surface area contributed by atoms with E-state index in [9.17, 15) is 9.90 Å². The average molecular weight is 259 g/mol. The van der Waals surface area contributed by atoms with Crippen LogP contribution in [0.1, 0.15) is 49.1 Å². The molecule has 2 aliphatic rings. The van der Waals surface area contributed by atoms with Crippen molar-refractivity contribution in [2.75, 3.05) is 6.54 Å². The van der Waals surface area contributed by atoms with E-state index in [4.69, 9.17) is 0 Å². The van der Waals surface area contributed by atoms with Crippen molar-refractivity contribution in [3.8, 4) is 0 Å². The Morgan fingerprint density at radius 3 is 2.53 bits per heavy atom. The van der Waals surface area contributed by atoms with Crippen molar-refractivity contribution in [2.24, 2.45) is 0 Å². The molecule has 3 heteroatoms. The largest absolute Gasteiger partial charge is 0.480 e. The third kappa shape index (κ3) is 2.98. The van der Waals surface area contributed by atoms with Crippen molar-refractivity contribution in [3.05, 3.63) is 35.4 Å². The van der Waals surface area contributed by atoms with Crippen LogP contribution in [0.5, 0.6) is 0 Å². The van der Waals surface area contributed by atoms with Gasteiger partial charge in [0.25, 0.3) is 0 Å². The SMILES string of the molecule is O=C(O)C1CCCCN1Cc1ccc(C2CC2)cc1. The van der Waals surface area contributed by atoms with Crippen molar-refractivity contribution < 1.29 is 9.90 Å². The molecule has 0 aromatic heterocycles. The van der Waals surface area contributed by atoms with Crippen molar-refractivity contribution in [3.63, 3.8) is 0 Å². The van der Waals surface area contributed by atoms with Crippen LogP contribution in [0.4, 0.5) is 0 Å². The van der Waals surface area contributed by atoms with E-state index in [0.29, 0.717) is 0 Å². The van der Waals surface area contributed by atoms with Gasteiger partial charge in [-0.15, -0.1) is 0 Å². The molecular weight excluding hydrogens is 238 g/mol. The molecular formula is C16H21NO2. The van der Waals surface area contributed by atoms with Crippen LogP contribution in [-0.2, 0) is 11.3 Å². The van der Waals surface area contributed by atoms with E-state index in [1.165, 1.54) is 24.0 Å². The summed E-state index contributed by atoms with van der Waals surface area (Å²) < 4.78 is 0. The molecule has 0 radical (unpaired) electrons. The number of carboxylic acids is 1. The lowest BCUT2D eigenvalue weighted by Gasteiger charge is -2.32. The van der Waals surface area contributed by atoms with Gasteiger partial charge in [0.05, 0.1) is 0 Å². The van der Waals surface area contributed by atoms with E-state index in [1.807, 2.05) is 0 Å². The van der Waals surface area contributed by atoms with Gasteiger partial charge in [-0.1, -0.05) is 30.7 Å². The number of nitrogens with zero attached hydrogens (tertiary/aromatic N) is 1. The maximum absolute atomic E-state index is 11.3. The van der Waals surface area contributed by atoms with Crippen LogP contribution in [-0.4, -0.2) is 28.6 Å². The van der Waals surface area contributed by atoms with E-state index in [0.717, 1.165) is 38.3 Å². The Kier molecular flexibility index (Phi) is 3.56. The number of hydrogen-bond acceptors (Lipinski definition) is 2. The van der Waals surface area contributed by atoms with Crippen LogP contribution >= 0.6 is 0 Å². The molecule has 1 atom stereocenters. The molecule has 1 aromatic carbocycles. The van der Waals surface area contributed by atoms with Gasteiger partial charge in [-0.25, -0.2) is 0 Å². The molecule has 1 saturated carbocycles. The molecule has 1 N–H and O–H groups in total. The second kappa shape index (κ2) is 5.33. The molecule has 1 aliphatic heterocycles. The summed E-state index contributed by atoms with van der Waals surface area (Å²) in [7, 11) is 0. The number of likely N-dealkylation sites (tertiary alicyclic amines) is 1. The van der Waals surface area contributed by atoms with Crippen LogP contribution in [0.3, 0.4) is 0 Å². The number of carboxylic acid groups (broad SMARTS) is 1. The van der Waals surface area contributed by atoms with Crippen LogP contribution in [0.25, 0.3) is 0 Å². The summed E-state index contributed by atoms with van der Waals surface area (Å²) >= 11 is 0. The first-order chi connectivity index (χ1) is 9.24. The summed E-state index contributed by atoms with van der Waals surface area (Å²) in [6.07, 6.45) is 5.59. The zero-order valence-corrected chi connectivity index (χ0v) is 11.2. The van der Waals surface area contributed by atoms with Crippen molar-refractivity contribution >= 4 is 5.97 Å². The minimum Gasteiger partial charge on any atom is -0.480 e. The fraction of sp³-hybridized carbons (Fsp3) is 0.562. The molecule has 19 heavy (non-hydrogen) atoms. The molecule has 0 amide bonds. The molecule has 0 spiro atoms. The average Bonchev–Trinajstić information content (AvgIpc) is 3.24. The Labute approximate surface area is 114 Å². The molecule has 1 saturated heterocycles. The zero-order chi connectivity index (χ0) is 13.2. The minimum atomic E-state index is -0.672. The Morgan fingerprint density at radius 2 is 1.89 bits per heavy atom. The summed E-state index contributed by atoms with van der Waals surface area (Å²) in [6, 6.07) is 8.47. The van der Waals surface area contributed by atoms with E-state index < -0.39 is 5.97 Å². The maximum Gasteiger partial charge on any atom is 0.320 e. The summed E-state index contributed by atoms with van der Waals surface area (Å²) in [5, 5.41) is 9.27. The van der Waals surface area contributed by atoms with Crippen molar-refractivity contribution in [1.82, 2.24) is 4.90 Å². The van der Waals surface area contributed by atoms with Gasteiger partial charge in [-0.2, -0.15) is 0 Å². The van der Waals surface area contributed by atoms with Crippen LogP contribution in [0.2, 0.25) is 0 Å². The third-order valence-corrected chi connectivity index (χ3v) is 4.31. The number of piperidine rings is 1. The lowest BCUT2D eigenvalue weighted by molar-refractivity contribution is -0.144. The van der Waals surface area contributed by atoms with Crippen LogP contribution in [0.15, 0.2) is 24.3 Å². The van der Waals surface area contributed by atoms with Gasteiger partial charge in [-0.05, 0) is 49.3 Å². The summed E-state index contributed by atoms with van der Waals surface area (Å²) in [4.78, 5) is 13.4. The lowest BCUT2D eigenvalue weighted by atomic mass is 10.0. The van der Waals surface area contributed by atoms with Crippen molar-refractivity contribution in [2.45, 2.75) is 50.6 Å². The van der Waals surface area contributed by atoms with Gasteiger partial charge in [0.2, 0.25) is 0 Å². The molecule has 102 valence electrons. The van der Waals surface area contributed by atoms with Crippen molar-refractivity contribution in [1.29, 1.82) is 0 Å². The fourth-order valence-corrected chi connectivity index (χ4v) is 3.01. The topological polar surface area (TPSA) is 40.5 Å². The lowest BCUT2D eigenvalue weighted by Crippen LogP contribution is -2.43. The van der Waals surface area contributed by atoms with Gasteiger partial charge in [0.1, 0.15) is 6.04 Å². The highest BCUT2D eigenvalue weighted by Crippen LogP contribution is 2.39. The van der Waals surface area contributed by atoms with E-state index >= 15 is 0 Å². The van der Waals surface area contributed by atoms with Gasteiger partial charge in [-0.3, -0.25) is 9.69 Å². The molecule has 1 unspecified atom stereocenters. The Bertz CT molecular complexity index is 450. The maximum atomic E-state index is 11.3. The van der Waals surface area contributed by atoms with Crippen LogP contribution < -0.4 is 0 Å².